The van der Waals surface area contributed by atoms with E-state index in [1.54, 1.807) is 0 Å². The van der Waals surface area contributed by atoms with Gasteiger partial charge in [-0.1, -0.05) is 12.1 Å². The van der Waals surface area contributed by atoms with Crippen LogP contribution in [0.4, 0.5) is 18.9 Å². The Balaban J connectivity index is 2.01. The van der Waals surface area contributed by atoms with Crippen LogP contribution in [0, 0.1) is 18.3 Å². The highest BCUT2D eigenvalue weighted by molar-refractivity contribution is 9.10. The number of halogens is 4. The van der Waals surface area contributed by atoms with Crippen molar-refractivity contribution in [2.24, 2.45) is 5.73 Å². The molecule has 160 valence electrons. The van der Waals surface area contributed by atoms with Gasteiger partial charge in [0.25, 0.3) is 0 Å². The second kappa shape index (κ2) is 7.84. The van der Waals surface area contributed by atoms with E-state index in [2.05, 4.69) is 22.0 Å². The number of para-hydroxylation sites is 1. The van der Waals surface area contributed by atoms with Crippen LogP contribution in [0.25, 0.3) is 0 Å². The molecule has 0 radical (unpaired) electrons. The van der Waals surface area contributed by atoms with Gasteiger partial charge in [-0.05, 0) is 53.9 Å². The molecule has 0 saturated heterocycles. The maximum absolute atomic E-state index is 13.8. The van der Waals surface area contributed by atoms with Crippen molar-refractivity contribution < 1.29 is 18.0 Å². The first-order valence-electron chi connectivity index (χ1n) is 9.53. The van der Waals surface area contributed by atoms with E-state index in [4.69, 9.17) is 5.73 Å². The highest BCUT2D eigenvalue weighted by atomic mass is 79.9. The molecule has 9 heteroatoms. The van der Waals surface area contributed by atoms with E-state index in [-0.39, 0.29) is 29.3 Å². The van der Waals surface area contributed by atoms with Crippen molar-refractivity contribution >= 4 is 38.7 Å². The number of aryl methyl sites for hydroxylation is 1. The van der Waals surface area contributed by atoms with E-state index in [0.29, 0.717) is 24.1 Å². The molecule has 4 nitrogen and oxygen atoms in total. The predicted molar refractivity (Wildman–Crippen MR) is 116 cm³/mol. The molecule has 1 aromatic carbocycles. The molecule has 2 aromatic rings. The van der Waals surface area contributed by atoms with E-state index in [9.17, 15) is 23.2 Å². The summed E-state index contributed by atoms with van der Waals surface area (Å²) < 4.78 is 42.1. The van der Waals surface area contributed by atoms with Gasteiger partial charge in [0, 0.05) is 31.9 Å². The van der Waals surface area contributed by atoms with Crippen LogP contribution in [0.2, 0.25) is 0 Å². The number of alkyl halides is 3. The number of rotatable bonds is 2. The zero-order valence-corrected chi connectivity index (χ0v) is 18.8. The first-order chi connectivity index (χ1) is 14.6. The molecule has 0 saturated carbocycles. The van der Waals surface area contributed by atoms with Crippen molar-refractivity contribution in [1.29, 1.82) is 5.26 Å². The van der Waals surface area contributed by atoms with Crippen LogP contribution < -0.4 is 10.6 Å². The van der Waals surface area contributed by atoms with E-state index < -0.39 is 17.7 Å². The lowest BCUT2D eigenvalue weighted by atomic mass is 9.78. The molecule has 2 N–H and O–H groups in total. The smallest absolute Gasteiger partial charge is 0.384 e. The Morgan fingerprint density at radius 2 is 2.00 bits per heavy atom. The number of benzene rings is 1. The van der Waals surface area contributed by atoms with Crippen molar-refractivity contribution in [2.75, 3.05) is 4.90 Å². The number of ketones is 1. The Labute approximate surface area is 189 Å². The monoisotopic (exact) mass is 507 g/mol. The zero-order valence-electron chi connectivity index (χ0n) is 16.4. The number of Topliss-reactive ketones (excluding diaryl/α,β-unsaturated/α-hetero) is 1. The molecule has 0 spiro atoms. The van der Waals surface area contributed by atoms with E-state index in [0.717, 1.165) is 20.3 Å². The number of carbonyl (C=O) groups excluding carboxylic acids is 1. The number of nitrogens with zero attached hydrogens (tertiary/aromatic N) is 2. The summed E-state index contributed by atoms with van der Waals surface area (Å²) in [6.07, 6.45) is -3.42. The van der Waals surface area contributed by atoms with Gasteiger partial charge in [-0.15, -0.1) is 11.3 Å². The molecule has 0 bridgehead atoms. The molecule has 0 amide bonds. The van der Waals surface area contributed by atoms with Gasteiger partial charge in [0.15, 0.2) is 5.78 Å². The summed E-state index contributed by atoms with van der Waals surface area (Å²) in [5.41, 5.74) is 6.21. The molecule has 1 aliphatic carbocycles. The van der Waals surface area contributed by atoms with Gasteiger partial charge in [0.2, 0.25) is 0 Å². The van der Waals surface area contributed by atoms with Gasteiger partial charge in [-0.3, -0.25) is 9.69 Å². The molecule has 1 aliphatic heterocycles. The lowest BCUT2D eigenvalue weighted by molar-refractivity contribution is -0.137. The quantitative estimate of drug-likeness (QED) is 0.529. The summed E-state index contributed by atoms with van der Waals surface area (Å²) in [7, 11) is 0. The molecular formula is C22H17BrF3N3OS. The number of anilines is 1. The Bertz CT molecular complexity index is 1170. The molecule has 1 aromatic heterocycles. The highest BCUT2D eigenvalue weighted by Crippen LogP contribution is 2.50. The predicted octanol–water partition coefficient (Wildman–Crippen LogP) is 6.14. The SMILES string of the molecule is Cc1sc(C2C(C#N)=C(N)N(c3ccccc3C(F)(F)F)C3=C2C(=O)CCC3)cc1Br. The average molecular weight is 508 g/mol. The highest BCUT2D eigenvalue weighted by Gasteiger charge is 2.43. The van der Waals surface area contributed by atoms with Crippen molar-refractivity contribution in [3.63, 3.8) is 0 Å². The van der Waals surface area contributed by atoms with Crippen LogP contribution in [-0.2, 0) is 11.0 Å². The number of nitriles is 1. The van der Waals surface area contributed by atoms with Gasteiger partial charge in [-0.25, -0.2) is 0 Å². The summed E-state index contributed by atoms with van der Waals surface area (Å²) in [6.45, 7) is 1.91. The number of allylic oxidation sites excluding steroid dienone is 3. The van der Waals surface area contributed by atoms with Gasteiger partial charge < -0.3 is 5.73 Å². The standard InChI is InChI=1S/C22H17BrF3N3OS/c1-11-14(23)9-18(31-11)19-12(10-27)21(28)29(16-7-4-8-17(30)20(16)19)15-6-3-2-5-13(15)22(24,25)26/h2-3,5-6,9,19H,4,7-8,28H2,1H3. The van der Waals surface area contributed by atoms with E-state index in [1.807, 2.05) is 13.0 Å². The van der Waals surface area contributed by atoms with E-state index in [1.165, 1.54) is 34.4 Å². The molecule has 2 aliphatic rings. The molecular weight excluding hydrogens is 491 g/mol. The Hall–Kier alpha value is -2.57. The van der Waals surface area contributed by atoms with Crippen LogP contribution in [0.3, 0.4) is 0 Å². The Morgan fingerprint density at radius 3 is 2.61 bits per heavy atom. The number of hydrogen-bond donors (Lipinski definition) is 1. The fourth-order valence-corrected chi connectivity index (χ4v) is 5.86. The fraction of sp³-hybridized carbons (Fsp3) is 0.273. The summed E-state index contributed by atoms with van der Waals surface area (Å²) >= 11 is 4.90. The first kappa shape index (κ1) is 21.7. The van der Waals surface area contributed by atoms with Crippen molar-refractivity contribution in [2.45, 2.75) is 38.3 Å². The molecule has 2 heterocycles. The first-order valence-corrected chi connectivity index (χ1v) is 11.1. The minimum atomic E-state index is -4.62. The largest absolute Gasteiger partial charge is 0.418 e. The molecule has 1 unspecified atom stereocenters. The minimum Gasteiger partial charge on any atom is -0.384 e. The maximum Gasteiger partial charge on any atom is 0.418 e. The van der Waals surface area contributed by atoms with Crippen molar-refractivity contribution in [3.05, 3.63) is 72.8 Å². The summed E-state index contributed by atoms with van der Waals surface area (Å²) in [4.78, 5) is 16.0. The normalized spacial score (nSPS) is 19.5. The number of carbonyl (C=O) groups is 1. The van der Waals surface area contributed by atoms with Gasteiger partial charge in [0.05, 0.1) is 28.8 Å². The van der Waals surface area contributed by atoms with Gasteiger partial charge >= 0.3 is 6.18 Å². The molecule has 1 atom stereocenters. The van der Waals surface area contributed by atoms with E-state index >= 15 is 0 Å². The lowest BCUT2D eigenvalue weighted by Gasteiger charge is -2.40. The van der Waals surface area contributed by atoms with Crippen LogP contribution in [0.15, 0.2) is 57.5 Å². The third kappa shape index (κ3) is 3.58. The summed E-state index contributed by atoms with van der Waals surface area (Å²) in [5, 5.41) is 9.96. The van der Waals surface area contributed by atoms with Crippen LogP contribution in [0.5, 0.6) is 0 Å². The van der Waals surface area contributed by atoms with Crippen molar-refractivity contribution in [1.82, 2.24) is 0 Å². The number of hydrogen-bond acceptors (Lipinski definition) is 5. The molecule has 4 rings (SSSR count). The Morgan fingerprint density at radius 1 is 1.29 bits per heavy atom. The third-order valence-corrected chi connectivity index (χ3v) is 7.73. The zero-order chi connectivity index (χ0) is 22.5. The summed E-state index contributed by atoms with van der Waals surface area (Å²) in [5.74, 6) is -0.917. The second-order valence-corrected chi connectivity index (χ2v) is 9.53. The Kier molecular flexibility index (Phi) is 5.48. The lowest BCUT2D eigenvalue weighted by Crippen LogP contribution is -2.39. The third-order valence-electron chi connectivity index (χ3n) is 5.52. The van der Waals surface area contributed by atoms with Gasteiger partial charge in [-0.2, -0.15) is 18.4 Å². The minimum absolute atomic E-state index is 0.0696. The number of nitrogens with two attached hydrogens (primary N) is 1. The van der Waals surface area contributed by atoms with Crippen LogP contribution in [0.1, 0.15) is 40.5 Å². The topological polar surface area (TPSA) is 70.1 Å². The van der Waals surface area contributed by atoms with Gasteiger partial charge in [0.1, 0.15) is 5.82 Å². The number of thiophene rings is 1. The molecule has 0 fully saturated rings. The van der Waals surface area contributed by atoms with Crippen molar-refractivity contribution in [3.8, 4) is 6.07 Å². The average Bonchev–Trinajstić information content (AvgIpc) is 3.05. The van der Waals surface area contributed by atoms with Crippen LogP contribution >= 0.6 is 27.3 Å². The summed E-state index contributed by atoms with van der Waals surface area (Å²) in [6, 6.07) is 9.01. The second-order valence-electron chi connectivity index (χ2n) is 7.38. The van der Waals surface area contributed by atoms with Crippen LogP contribution in [-0.4, -0.2) is 5.78 Å². The maximum atomic E-state index is 13.8. The molecule has 31 heavy (non-hydrogen) atoms. The fourth-order valence-electron chi connectivity index (χ4n) is 4.18.